The Morgan fingerprint density at radius 2 is 0.671 bits per heavy atom. The van der Waals surface area contributed by atoms with Crippen molar-refractivity contribution in [3.05, 3.63) is 215 Å². The fourth-order valence-corrected chi connectivity index (χ4v) is 9.39. The van der Waals surface area contributed by atoms with E-state index in [4.69, 9.17) is 66.3 Å². The van der Waals surface area contributed by atoms with Gasteiger partial charge in [-0.05, 0) is 33.4 Å². The normalized spacial score (nSPS) is 26.2. The maximum absolute atomic E-state index is 7.62. The van der Waals surface area contributed by atoms with Gasteiger partial charge in [0.15, 0.2) is 6.29 Å². The van der Waals surface area contributed by atoms with Gasteiger partial charge in [-0.2, -0.15) is 0 Å². The second-order valence-electron chi connectivity index (χ2n) is 18.9. The highest BCUT2D eigenvalue weighted by atomic mass is 16.8. The molecular formula is C62H72O14. The summed E-state index contributed by atoms with van der Waals surface area (Å²) in [4.78, 5) is 0. The molecule has 6 aromatic carbocycles. The second kappa shape index (κ2) is 30.6. The Balaban J connectivity index is 1.14. The summed E-state index contributed by atoms with van der Waals surface area (Å²) in [6.07, 6.45) is -6.84. The highest BCUT2D eigenvalue weighted by molar-refractivity contribution is 5.18. The molecule has 76 heavy (non-hydrogen) atoms. The molecule has 6 aromatic rings. The first-order valence-corrected chi connectivity index (χ1v) is 26.5. The number of rotatable bonds is 19. The molecule has 0 aliphatic carbocycles. The van der Waals surface area contributed by atoms with Crippen molar-refractivity contribution in [2.45, 2.75) is 94.4 Å². The smallest absolute Gasteiger partial charge is 0.224 e. The van der Waals surface area contributed by atoms with Crippen LogP contribution >= 0.6 is 0 Å². The molecule has 0 amide bonds. The Labute approximate surface area is 447 Å². The van der Waals surface area contributed by atoms with Gasteiger partial charge in [-0.25, -0.2) is 0 Å². The standard InChI is InChI=1S/C62H72O14/c1-7-19-48(20-8-1)39-68-47-62-60(73-44-53-29-17-6-18-30-53)57(70-41-50-23-11-3-12-24-50)55(75-62)46-67-38-36-65-34-32-63-31-33-64-35-37-66-45-54-56(69-40-49-21-9-2-10-22-49)58(71-42-51-25-13-4-14-26-51)59(61(74-54)76-62)72-43-52-27-15-5-16-28-52/h1-30,54-61H,31-47H2/t54-,55-,56+,57+,58+,59-,60+,61-,62+/m1/s1. The van der Waals surface area contributed by atoms with Crippen LogP contribution in [-0.2, 0) is 106 Å². The minimum atomic E-state index is -1.72. The summed E-state index contributed by atoms with van der Waals surface area (Å²) in [7, 11) is 0. The van der Waals surface area contributed by atoms with E-state index in [0.29, 0.717) is 39.6 Å². The zero-order valence-corrected chi connectivity index (χ0v) is 43.2. The van der Waals surface area contributed by atoms with E-state index in [1.165, 1.54) is 0 Å². The number of fused-ring (bicyclic) bond motifs is 4. The van der Waals surface area contributed by atoms with E-state index in [1.54, 1.807) is 0 Å². The quantitative estimate of drug-likeness (QED) is 0.0765. The van der Waals surface area contributed by atoms with Gasteiger partial charge in [-0.1, -0.05) is 182 Å². The molecule has 4 bridgehead atoms. The molecule has 3 aliphatic rings. The van der Waals surface area contributed by atoms with Gasteiger partial charge in [0.25, 0.3) is 0 Å². The van der Waals surface area contributed by atoms with Crippen LogP contribution in [0.3, 0.4) is 0 Å². The van der Waals surface area contributed by atoms with Crippen LogP contribution in [0.25, 0.3) is 0 Å². The van der Waals surface area contributed by atoms with E-state index < -0.39 is 54.8 Å². The van der Waals surface area contributed by atoms with E-state index in [1.807, 2.05) is 182 Å². The summed E-state index contributed by atoms with van der Waals surface area (Å²) in [6.45, 7) is 4.36. The molecule has 0 N–H and O–H groups in total. The lowest BCUT2D eigenvalue weighted by Crippen LogP contribution is -2.65. The van der Waals surface area contributed by atoms with Crippen molar-refractivity contribution in [1.82, 2.24) is 0 Å². The van der Waals surface area contributed by atoms with Gasteiger partial charge in [0.2, 0.25) is 5.79 Å². The summed E-state index contributed by atoms with van der Waals surface area (Å²) in [5, 5.41) is 0. The van der Waals surface area contributed by atoms with E-state index >= 15 is 0 Å². The zero-order chi connectivity index (χ0) is 51.7. The molecule has 0 spiro atoms. The minimum absolute atomic E-state index is 0.0959. The Morgan fingerprint density at radius 1 is 0.329 bits per heavy atom. The molecule has 9 atom stereocenters. The number of hydrogen-bond donors (Lipinski definition) is 0. The van der Waals surface area contributed by atoms with Crippen molar-refractivity contribution in [2.24, 2.45) is 0 Å². The third kappa shape index (κ3) is 16.9. The van der Waals surface area contributed by atoms with Crippen molar-refractivity contribution >= 4 is 0 Å². The van der Waals surface area contributed by atoms with Gasteiger partial charge in [-0.15, -0.1) is 0 Å². The lowest BCUT2D eigenvalue weighted by molar-refractivity contribution is -0.398. The molecule has 14 heteroatoms. The van der Waals surface area contributed by atoms with Gasteiger partial charge in [0.05, 0.1) is 106 Å². The molecule has 14 nitrogen and oxygen atoms in total. The summed E-state index contributed by atoms with van der Waals surface area (Å²) in [5.74, 6) is -1.72. The Bertz CT molecular complexity index is 2460. The predicted octanol–water partition coefficient (Wildman–Crippen LogP) is 9.06. The Morgan fingerprint density at radius 3 is 1.11 bits per heavy atom. The van der Waals surface area contributed by atoms with E-state index in [0.717, 1.165) is 33.4 Å². The van der Waals surface area contributed by atoms with E-state index in [2.05, 4.69) is 0 Å². The molecule has 0 saturated carbocycles. The van der Waals surface area contributed by atoms with Gasteiger partial charge < -0.3 is 66.3 Å². The van der Waals surface area contributed by atoms with Crippen molar-refractivity contribution in [3.63, 3.8) is 0 Å². The zero-order valence-electron chi connectivity index (χ0n) is 43.2. The van der Waals surface area contributed by atoms with Crippen molar-refractivity contribution in [2.75, 3.05) is 72.7 Å². The number of benzene rings is 6. The molecule has 0 radical (unpaired) electrons. The van der Waals surface area contributed by atoms with Crippen LogP contribution in [0.5, 0.6) is 0 Å². The molecule has 9 rings (SSSR count). The predicted molar refractivity (Wildman–Crippen MR) is 283 cm³/mol. The highest BCUT2D eigenvalue weighted by Crippen LogP contribution is 2.42. The lowest BCUT2D eigenvalue weighted by Gasteiger charge is -2.48. The van der Waals surface area contributed by atoms with Crippen LogP contribution in [0.1, 0.15) is 33.4 Å². The molecule has 3 fully saturated rings. The van der Waals surface area contributed by atoms with Gasteiger partial charge in [-0.3, -0.25) is 0 Å². The fraction of sp³-hybridized carbons (Fsp3) is 0.419. The molecular weight excluding hydrogens is 969 g/mol. The summed E-state index contributed by atoms with van der Waals surface area (Å²) < 4.78 is 94.8. The Hall–Kier alpha value is -5.24. The summed E-state index contributed by atoms with van der Waals surface area (Å²) in [6, 6.07) is 60.1. The first-order valence-electron chi connectivity index (χ1n) is 26.5. The topological polar surface area (TPSA) is 129 Å². The largest absolute Gasteiger partial charge is 0.377 e. The minimum Gasteiger partial charge on any atom is -0.377 e. The average Bonchev–Trinajstić information content (AvgIpc) is 3.76. The molecule has 3 aliphatic heterocycles. The molecule has 0 aromatic heterocycles. The van der Waals surface area contributed by atoms with Crippen LogP contribution in [0.15, 0.2) is 182 Å². The average molecular weight is 1040 g/mol. The number of ether oxygens (including phenoxy) is 14. The fourth-order valence-electron chi connectivity index (χ4n) is 9.39. The van der Waals surface area contributed by atoms with Crippen LogP contribution in [0.4, 0.5) is 0 Å². The van der Waals surface area contributed by atoms with Gasteiger partial charge in [0, 0.05) is 0 Å². The van der Waals surface area contributed by atoms with E-state index in [-0.39, 0.29) is 72.7 Å². The van der Waals surface area contributed by atoms with Gasteiger partial charge >= 0.3 is 0 Å². The summed E-state index contributed by atoms with van der Waals surface area (Å²) in [5.41, 5.74) is 5.77. The molecule has 0 unspecified atom stereocenters. The van der Waals surface area contributed by atoms with Crippen molar-refractivity contribution < 1.29 is 66.3 Å². The molecule has 3 heterocycles. The maximum atomic E-state index is 7.62. The van der Waals surface area contributed by atoms with Crippen LogP contribution in [-0.4, -0.2) is 127 Å². The second-order valence-corrected chi connectivity index (χ2v) is 18.9. The first kappa shape index (κ1) is 55.5. The molecule has 404 valence electrons. The summed E-state index contributed by atoms with van der Waals surface area (Å²) >= 11 is 0. The third-order valence-electron chi connectivity index (χ3n) is 13.2. The first-order chi connectivity index (χ1) is 37.7. The van der Waals surface area contributed by atoms with Crippen molar-refractivity contribution in [3.8, 4) is 0 Å². The van der Waals surface area contributed by atoms with Crippen LogP contribution in [0.2, 0.25) is 0 Å². The Kier molecular flexibility index (Phi) is 22.4. The van der Waals surface area contributed by atoms with E-state index in [9.17, 15) is 0 Å². The third-order valence-corrected chi connectivity index (χ3v) is 13.2. The molecule has 3 saturated heterocycles. The monoisotopic (exact) mass is 1040 g/mol. The maximum Gasteiger partial charge on any atom is 0.224 e. The SMILES string of the molecule is c1ccc(COC[C@@]23O[C@H]4O[C@H](COCCOCCOCCOCCOC[C@@H](O2)[C@H](OCc2ccccc2)[C@@H]3OCc2ccccc2)[C@H](OCc2ccccc2)[C@H](OCc2ccccc2)[C@H]4OCc2ccccc2)cc1. The lowest BCUT2D eigenvalue weighted by atomic mass is 9.97. The number of hydrogen-bond acceptors (Lipinski definition) is 14. The van der Waals surface area contributed by atoms with Crippen molar-refractivity contribution in [1.29, 1.82) is 0 Å². The van der Waals surface area contributed by atoms with Crippen LogP contribution < -0.4 is 0 Å². The van der Waals surface area contributed by atoms with Gasteiger partial charge in [0.1, 0.15) is 49.3 Å². The highest BCUT2D eigenvalue weighted by Gasteiger charge is 2.62. The van der Waals surface area contributed by atoms with Crippen LogP contribution in [0, 0.1) is 0 Å².